The van der Waals surface area contributed by atoms with Crippen molar-refractivity contribution in [3.8, 4) is 11.5 Å². The van der Waals surface area contributed by atoms with Crippen LogP contribution >= 0.6 is 0 Å². The zero-order chi connectivity index (χ0) is 12.1. The summed E-state index contributed by atoms with van der Waals surface area (Å²) in [6.07, 6.45) is 0. The van der Waals surface area contributed by atoms with Gasteiger partial charge >= 0.3 is 5.97 Å². The first-order valence-corrected chi connectivity index (χ1v) is 4.43. The number of rotatable bonds is 5. The number of benzene rings is 1. The molecule has 0 radical (unpaired) electrons. The van der Waals surface area contributed by atoms with Crippen LogP contribution in [-0.4, -0.2) is 32.1 Å². The number of methoxy groups -OCH3 is 2. The van der Waals surface area contributed by atoms with Crippen molar-refractivity contribution >= 4 is 11.7 Å². The predicted molar refractivity (Wildman–Crippen MR) is 56.9 cm³/mol. The standard InChI is InChI=1S/C10H13NO5/c1-14-5-16-7-4-3-6(10(12)13)8(11)9(7)15-2/h3-4H,5,11H2,1-2H3,(H,12,13). The smallest absolute Gasteiger partial charge is 0.337 e. The van der Waals surface area contributed by atoms with Crippen molar-refractivity contribution in [2.24, 2.45) is 0 Å². The van der Waals surface area contributed by atoms with Crippen LogP contribution in [0.4, 0.5) is 5.69 Å². The van der Waals surface area contributed by atoms with Gasteiger partial charge < -0.3 is 25.1 Å². The van der Waals surface area contributed by atoms with E-state index in [1.165, 1.54) is 26.4 Å². The van der Waals surface area contributed by atoms with Crippen LogP contribution in [0, 0.1) is 0 Å². The van der Waals surface area contributed by atoms with E-state index < -0.39 is 5.97 Å². The highest BCUT2D eigenvalue weighted by Gasteiger charge is 2.16. The van der Waals surface area contributed by atoms with Crippen LogP contribution in [0.25, 0.3) is 0 Å². The third-order valence-electron chi connectivity index (χ3n) is 1.93. The van der Waals surface area contributed by atoms with Crippen molar-refractivity contribution in [1.82, 2.24) is 0 Å². The highest BCUT2D eigenvalue weighted by Crippen LogP contribution is 2.35. The Morgan fingerprint density at radius 3 is 2.62 bits per heavy atom. The van der Waals surface area contributed by atoms with E-state index in [9.17, 15) is 4.79 Å². The fourth-order valence-corrected chi connectivity index (χ4v) is 1.21. The minimum atomic E-state index is -1.12. The summed E-state index contributed by atoms with van der Waals surface area (Å²) in [6, 6.07) is 2.82. The number of nitrogen functional groups attached to an aromatic ring is 1. The molecule has 0 aromatic heterocycles. The van der Waals surface area contributed by atoms with Gasteiger partial charge in [0.1, 0.15) is 0 Å². The average molecular weight is 227 g/mol. The van der Waals surface area contributed by atoms with Crippen LogP contribution in [0.3, 0.4) is 0 Å². The summed E-state index contributed by atoms with van der Waals surface area (Å²) in [4.78, 5) is 10.8. The van der Waals surface area contributed by atoms with Gasteiger partial charge in [-0.1, -0.05) is 0 Å². The Morgan fingerprint density at radius 1 is 1.44 bits per heavy atom. The SMILES string of the molecule is COCOc1ccc(C(=O)O)c(N)c1OC. The van der Waals surface area contributed by atoms with E-state index >= 15 is 0 Å². The third-order valence-corrected chi connectivity index (χ3v) is 1.93. The van der Waals surface area contributed by atoms with Gasteiger partial charge in [0.2, 0.25) is 0 Å². The molecule has 0 atom stereocenters. The van der Waals surface area contributed by atoms with E-state index in [1.54, 1.807) is 0 Å². The molecule has 0 aliphatic rings. The van der Waals surface area contributed by atoms with Gasteiger partial charge in [0.25, 0.3) is 0 Å². The summed E-state index contributed by atoms with van der Waals surface area (Å²) < 4.78 is 14.9. The Kier molecular flexibility index (Phi) is 3.96. The fourth-order valence-electron chi connectivity index (χ4n) is 1.21. The van der Waals surface area contributed by atoms with Gasteiger partial charge in [-0.25, -0.2) is 4.79 Å². The topological polar surface area (TPSA) is 91.0 Å². The molecule has 0 aliphatic heterocycles. The number of anilines is 1. The molecule has 3 N–H and O–H groups in total. The van der Waals surface area contributed by atoms with Gasteiger partial charge in [-0.2, -0.15) is 0 Å². The monoisotopic (exact) mass is 227 g/mol. The van der Waals surface area contributed by atoms with Crippen molar-refractivity contribution in [3.63, 3.8) is 0 Å². The van der Waals surface area contributed by atoms with Gasteiger partial charge in [0.05, 0.1) is 18.4 Å². The lowest BCUT2D eigenvalue weighted by molar-refractivity contribution is 0.0492. The largest absolute Gasteiger partial charge is 0.491 e. The molecule has 6 heteroatoms. The molecule has 0 amide bonds. The van der Waals surface area contributed by atoms with E-state index in [4.69, 9.17) is 25.1 Å². The Morgan fingerprint density at radius 2 is 2.12 bits per heavy atom. The maximum Gasteiger partial charge on any atom is 0.337 e. The Balaban J connectivity index is 3.13. The minimum absolute atomic E-state index is 0.0263. The van der Waals surface area contributed by atoms with Gasteiger partial charge in [-0.15, -0.1) is 0 Å². The van der Waals surface area contributed by atoms with Crippen molar-refractivity contribution in [1.29, 1.82) is 0 Å². The average Bonchev–Trinajstić information content (AvgIpc) is 2.25. The Labute approximate surface area is 92.5 Å². The van der Waals surface area contributed by atoms with Crippen LogP contribution in [0.1, 0.15) is 10.4 Å². The van der Waals surface area contributed by atoms with Gasteiger partial charge in [0, 0.05) is 7.11 Å². The molecule has 0 heterocycles. The van der Waals surface area contributed by atoms with E-state index in [2.05, 4.69) is 0 Å². The van der Waals surface area contributed by atoms with Crippen molar-refractivity contribution in [2.45, 2.75) is 0 Å². The van der Waals surface area contributed by atoms with Gasteiger partial charge in [-0.3, -0.25) is 0 Å². The second-order valence-corrected chi connectivity index (χ2v) is 2.91. The molecule has 1 aromatic rings. The quantitative estimate of drug-likeness (QED) is 0.575. The molecule has 88 valence electrons. The van der Waals surface area contributed by atoms with E-state index in [1.807, 2.05) is 0 Å². The second-order valence-electron chi connectivity index (χ2n) is 2.91. The second kappa shape index (κ2) is 5.22. The molecule has 0 saturated heterocycles. The molecule has 0 bridgehead atoms. The summed E-state index contributed by atoms with van der Waals surface area (Å²) in [5.41, 5.74) is 5.65. The summed E-state index contributed by atoms with van der Waals surface area (Å²) >= 11 is 0. The number of hydrogen-bond acceptors (Lipinski definition) is 5. The van der Waals surface area contributed by atoms with E-state index in [0.29, 0.717) is 5.75 Å². The lowest BCUT2D eigenvalue weighted by Crippen LogP contribution is -2.07. The molecule has 0 unspecified atom stereocenters. The summed E-state index contributed by atoms with van der Waals surface area (Å²) in [7, 11) is 2.86. The van der Waals surface area contributed by atoms with Crippen molar-refractivity contribution in [3.05, 3.63) is 17.7 Å². The molecule has 1 rings (SSSR count). The molecule has 0 fully saturated rings. The lowest BCUT2D eigenvalue weighted by Gasteiger charge is -2.13. The first kappa shape index (κ1) is 12.1. The molecule has 16 heavy (non-hydrogen) atoms. The maximum absolute atomic E-state index is 10.8. The van der Waals surface area contributed by atoms with Gasteiger partial charge in [-0.05, 0) is 12.1 Å². The normalized spacial score (nSPS) is 9.88. The highest BCUT2D eigenvalue weighted by atomic mass is 16.7. The zero-order valence-electron chi connectivity index (χ0n) is 9.02. The maximum atomic E-state index is 10.8. The molecule has 0 spiro atoms. The molecular formula is C10H13NO5. The van der Waals surface area contributed by atoms with Crippen LogP contribution in [0.2, 0.25) is 0 Å². The van der Waals surface area contributed by atoms with E-state index in [-0.39, 0.29) is 23.8 Å². The summed E-state index contributed by atoms with van der Waals surface area (Å²) in [6.45, 7) is 0.0300. The number of ether oxygens (including phenoxy) is 3. The van der Waals surface area contributed by atoms with Gasteiger partial charge in [0.15, 0.2) is 18.3 Å². The lowest BCUT2D eigenvalue weighted by atomic mass is 10.1. The number of carboxylic acids is 1. The van der Waals surface area contributed by atoms with Crippen LogP contribution < -0.4 is 15.2 Å². The van der Waals surface area contributed by atoms with Crippen LogP contribution in [-0.2, 0) is 4.74 Å². The molecular weight excluding hydrogens is 214 g/mol. The molecule has 0 saturated carbocycles. The molecule has 0 aliphatic carbocycles. The van der Waals surface area contributed by atoms with E-state index in [0.717, 1.165) is 0 Å². The van der Waals surface area contributed by atoms with Crippen LogP contribution in [0.15, 0.2) is 12.1 Å². The number of aromatic carboxylic acids is 1. The number of hydrogen-bond donors (Lipinski definition) is 2. The third kappa shape index (κ3) is 2.34. The summed E-state index contributed by atoms with van der Waals surface area (Å²) in [5.74, 6) is -0.585. The fraction of sp³-hybridized carbons (Fsp3) is 0.300. The first-order valence-electron chi connectivity index (χ1n) is 4.43. The highest BCUT2D eigenvalue weighted by molar-refractivity contribution is 5.96. The number of nitrogens with two attached hydrogens (primary N) is 1. The van der Waals surface area contributed by atoms with Crippen molar-refractivity contribution < 1.29 is 24.1 Å². The summed E-state index contributed by atoms with van der Waals surface area (Å²) in [5, 5.41) is 8.85. The zero-order valence-corrected chi connectivity index (χ0v) is 9.02. The first-order chi connectivity index (χ1) is 7.61. The molecule has 6 nitrogen and oxygen atoms in total. The molecule has 1 aromatic carbocycles. The number of carbonyl (C=O) groups is 1. The Bertz CT molecular complexity index is 391. The predicted octanol–water partition coefficient (Wildman–Crippen LogP) is 0.958. The Hall–Kier alpha value is -1.95. The van der Waals surface area contributed by atoms with Crippen molar-refractivity contribution in [2.75, 3.05) is 26.7 Å². The van der Waals surface area contributed by atoms with Crippen LogP contribution in [0.5, 0.6) is 11.5 Å². The minimum Gasteiger partial charge on any atom is -0.491 e. The number of carboxylic acid groups (broad SMARTS) is 1.